The van der Waals surface area contributed by atoms with Crippen molar-refractivity contribution in [2.75, 3.05) is 19.8 Å². The van der Waals surface area contributed by atoms with Crippen LogP contribution >= 0.6 is 0 Å². The zero-order valence-electron chi connectivity index (χ0n) is 25.6. The largest absolute Gasteiger partial charge is 0.394 e. The van der Waals surface area contributed by atoms with Gasteiger partial charge in [-0.1, -0.05) is 41.5 Å². The second-order valence-corrected chi connectivity index (χ2v) is 11.8. The van der Waals surface area contributed by atoms with E-state index in [0.717, 1.165) is 0 Å². The molecule has 0 aromatic carbocycles. The Morgan fingerprint density at radius 1 is 0.286 bits per heavy atom. The third-order valence-electron chi connectivity index (χ3n) is 6.11. The van der Waals surface area contributed by atoms with E-state index < -0.39 is 93.1 Å². The van der Waals surface area contributed by atoms with Crippen molar-refractivity contribution >= 4 is 0 Å². The topological polar surface area (TPSA) is 303 Å². The first-order chi connectivity index (χ1) is 19.2. The minimum Gasteiger partial charge on any atom is -0.394 e. The lowest BCUT2D eigenvalue weighted by Gasteiger charge is -2.26. The predicted octanol–water partition coefficient (Wildman–Crippen LogP) is -4.59. The van der Waals surface area contributed by atoms with Crippen molar-refractivity contribution in [3.63, 3.8) is 0 Å². The fourth-order valence-corrected chi connectivity index (χ4v) is 3.56. The van der Waals surface area contributed by atoms with E-state index in [2.05, 4.69) is 0 Å². The van der Waals surface area contributed by atoms with Gasteiger partial charge in [0.25, 0.3) is 0 Å². The van der Waals surface area contributed by atoms with Crippen LogP contribution in [0.2, 0.25) is 0 Å². The molecule has 42 heavy (non-hydrogen) atoms. The van der Waals surface area contributed by atoms with Crippen LogP contribution in [0.3, 0.4) is 0 Å². The molecule has 0 aliphatic rings. The van der Waals surface area contributed by atoms with Gasteiger partial charge in [-0.3, -0.25) is 0 Å². The number of rotatable bonds is 18. The third-order valence-corrected chi connectivity index (χ3v) is 6.11. The second-order valence-electron chi connectivity index (χ2n) is 11.8. The highest BCUT2D eigenvalue weighted by molar-refractivity contribution is 4.82. The van der Waals surface area contributed by atoms with Crippen LogP contribution < -0.4 is 0 Å². The van der Waals surface area contributed by atoms with E-state index in [9.17, 15) is 46.0 Å². The van der Waals surface area contributed by atoms with Crippen molar-refractivity contribution in [3.8, 4) is 0 Å². The van der Waals surface area contributed by atoms with Crippen LogP contribution in [0.15, 0.2) is 0 Å². The Balaban J connectivity index is -0.000000543. The number of aliphatic hydroxyl groups is 15. The molecule has 0 amide bonds. The summed E-state index contributed by atoms with van der Waals surface area (Å²) in [5.41, 5.74) is 0. The van der Waals surface area contributed by atoms with E-state index in [4.69, 9.17) is 30.6 Å². The normalized spacial score (nSPS) is 20.6. The molecule has 15 N–H and O–H groups in total. The van der Waals surface area contributed by atoms with E-state index in [1.54, 1.807) is 0 Å². The molecule has 258 valence electrons. The smallest absolute Gasteiger partial charge is 0.110 e. The maximum Gasteiger partial charge on any atom is 0.110 e. The Hall–Kier alpha value is -0.600. The highest BCUT2D eigenvalue weighted by Crippen LogP contribution is 2.14. The minimum atomic E-state index is -1.52. The molecule has 0 fully saturated rings. The third kappa shape index (κ3) is 20.4. The van der Waals surface area contributed by atoms with E-state index in [1.165, 1.54) is 0 Å². The second kappa shape index (κ2) is 24.7. The van der Waals surface area contributed by atoms with Crippen molar-refractivity contribution in [2.24, 2.45) is 17.8 Å². The summed E-state index contributed by atoms with van der Waals surface area (Å²) in [7, 11) is 0. The number of hydrogen-bond acceptors (Lipinski definition) is 15. The van der Waals surface area contributed by atoms with Gasteiger partial charge in [-0.25, -0.2) is 0 Å². The van der Waals surface area contributed by atoms with Crippen molar-refractivity contribution in [2.45, 2.75) is 134 Å². The Labute approximate surface area is 248 Å². The molecule has 0 saturated carbocycles. The average molecular weight is 625 g/mol. The molecular formula is C27H60O15. The number of aliphatic hydroxyl groups excluding tert-OH is 15. The monoisotopic (exact) mass is 624 g/mol. The summed E-state index contributed by atoms with van der Waals surface area (Å²) < 4.78 is 0. The quantitative estimate of drug-likeness (QED) is 0.0682. The van der Waals surface area contributed by atoms with E-state index in [-0.39, 0.29) is 17.8 Å². The van der Waals surface area contributed by atoms with E-state index >= 15 is 0 Å². The first-order valence-corrected chi connectivity index (χ1v) is 14.2. The van der Waals surface area contributed by atoms with Crippen molar-refractivity contribution < 1.29 is 76.6 Å². The molecule has 0 saturated heterocycles. The molecule has 0 aliphatic heterocycles. The lowest BCUT2D eigenvalue weighted by molar-refractivity contribution is -0.118. The lowest BCUT2D eigenvalue weighted by atomic mass is 9.96. The Morgan fingerprint density at radius 3 is 0.548 bits per heavy atom. The van der Waals surface area contributed by atoms with Crippen LogP contribution in [0, 0.1) is 17.8 Å². The molecule has 0 rings (SSSR count). The average Bonchev–Trinajstić information content (AvgIpc) is 2.92. The minimum absolute atomic E-state index is 0.179. The summed E-state index contributed by atoms with van der Waals surface area (Å²) in [5, 5.41) is 137. The molecule has 0 spiro atoms. The van der Waals surface area contributed by atoms with Gasteiger partial charge in [0.15, 0.2) is 0 Å². The summed E-state index contributed by atoms with van der Waals surface area (Å²) in [6.07, 6.45) is -15.4. The summed E-state index contributed by atoms with van der Waals surface area (Å²) in [4.78, 5) is 0. The molecule has 0 heterocycles. The molecule has 0 aliphatic carbocycles. The lowest BCUT2D eigenvalue weighted by Crippen LogP contribution is -2.46. The number of hydrogen-bond donors (Lipinski definition) is 15. The highest BCUT2D eigenvalue weighted by atomic mass is 16.4. The van der Waals surface area contributed by atoms with Crippen LogP contribution in [-0.4, -0.2) is 170 Å². The van der Waals surface area contributed by atoms with Gasteiger partial charge < -0.3 is 76.6 Å². The predicted molar refractivity (Wildman–Crippen MR) is 152 cm³/mol. The molecule has 0 radical (unpaired) electrons. The molecule has 0 unspecified atom stereocenters. The maximum atomic E-state index is 9.40. The van der Waals surface area contributed by atoms with Crippen molar-refractivity contribution in [3.05, 3.63) is 0 Å². The molecule has 15 heteroatoms. The van der Waals surface area contributed by atoms with E-state index in [0.29, 0.717) is 19.3 Å². The van der Waals surface area contributed by atoms with Gasteiger partial charge in [0, 0.05) is 0 Å². The first kappa shape index (κ1) is 45.8. The summed E-state index contributed by atoms with van der Waals surface area (Å²) in [6.45, 7) is 9.26. The zero-order chi connectivity index (χ0) is 33.9. The summed E-state index contributed by atoms with van der Waals surface area (Å²) in [5.74, 6) is 0.536. The van der Waals surface area contributed by atoms with Crippen LogP contribution in [0.1, 0.15) is 60.8 Å². The molecule has 0 aromatic heterocycles. The van der Waals surface area contributed by atoms with Gasteiger partial charge >= 0.3 is 0 Å². The molecule has 15 nitrogen and oxygen atoms in total. The first-order valence-electron chi connectivity index (χ1n) is 14.2. The standard InChI is InChI=1S/3C9H20O5/c3*1-5(2)3-6(11)8(13)9(14)7(12)4-10/h3*5-14H,3-4H2,1-2H3/t6-,7+,8+,9+;6-,7+,8-,9-;6-,7-,8-,9-/m011/s1. The van der Waals surface area contributed by atoms with Crippen LogP contribution in [0.25, 0.3) is 0 Å². The fraction of sp³-hybridized carbons (Fsp3) is 1.00. The molecule has 0 aromatic rings. The van der Waals surface area contributed by atoms with Crippen molar-refractivity contribution in [1.29, 1.82) is 0 Å². The summed E-state index contributed by atoms with van der Waals surface area (Å²) >= 11 is 0. The van der Waals surface area contributed by atoms with Gasteiger partial charge in [0.1, 0.15) is 54.9 Å². The van der Waals surface area contributed by atoms with Gasteiger partial charge in [-0.2, -0.15) is 0 Å². The molecular weight excluding hydrogens is 564 g/mol. The highest BCUT2D eigenvalue weighted by Gasteiger charge is 2.32. The van der Waals surface area contributed by atoms with Crippen LogP contribution in [0.4, 0.5) is 0 Å². The van der Waals surface area contributed by atoms with Gasteiger partial charge in [0.05, 0.1) is 38.1 Å². The van der Waals surface area contributed by atoms with Gasteiger partial charge in [-0.05, 0) is 37.0 Å². The SMILES string of the molecule is CC(C)C[C@@H](O)[C@@H](O)[C@H](O)[C@@H](O)CO.CC(C)C[C@@H](O)[C@@H](O)[C@H](O)[C@H](O)CO.CC(C)C[C@H](O)[C@@H](O)[C@H](O)[C@H](O)CO. The Kier molecular flexibility index (Phi) is 26.9. The van der Waals surface area contributed by atoms with Gasteiger partial charge in [-0.15, -0.1) is 0 Å². The molecule has 0 bridgehead atoms. The Bertz CT molecular complexity index is 531. The Morgan fingerprint density at radius 2 is 0.429 bits per heavy atom. The summed E-state index contributed by atoms with van der Waals surface area (Å²) in [6, 6.07) is 0. The zero-order valence-corrected chi connectivity index (χ0v) is 25.6. The van der Waals surface area contributed by atoms with Crippen LogP contribution in [-0.2, 0) is 0 Å². The van der Waals surface area contributed by atoms with Crippen molar-refractivity contribution in [1.82, 2.24) is 0 Å². The van der Waals surface area contributed by atoms with E-state index in [1.807, 2.05) is 41.5 Å². The van der Waals surface area contributed by atoms with Gasteiger partial charge in [0.2, 0.25) is 0 Å². The maximum absolute atomic E-state index is 9.40. The van der Waals surface area contributed by atoms with Crippen LogP contribution in [0.5, 0.6) is 0 Å². The molecule has 12 atom stereocenters. The fourth-order valence-electron chi connectivity index (χ4n) is 3.56.